The zero-order valence-electron chi connectivity index (χ0n) is 9.51. The van der Waals surface area contributed by atoms with Gasteiger partial charge in [-0.25, -0.2) is 0 Å². The molecule has 0 aliphatic rings. The first-order valence-electron chi connectivity index (χ1n) is 5.01. The smallest absolute Gasteiger partial charge is 0.188 e. The van der Waals surface area contributed by atoms with E-state index in [1.165, 1.54) is 0 Å². The van der Waals surface area contributed by atoms with E-state index >= 15 is 0 Å². The van der Waals surface area contributed by atoms with Crippen molar-refractivity contribution in [2.24, 2.45) is 10.8 Å². The Bertz CT molecular complexity index is 520. The standard InChI is InChI=1S/C12H8N6/c13-5-2-1-3-11(7-15,8-16)12(9-17,10-18)4-6-14/h1-4H2. The van der Waals surface area contributed by atoms with Crippen LogP contribution >= 0.6 is 0 Å². The van der Waals surface area contributed by atoms with Crippen LogP contribution in [0.5, 0.6) is 0 Å². The monoisotopic (exact) mass is 236 g/mol. The third-order valence-corrected chi connectivity index (χ3v) is 2.68. The molecule has 0 bridgehead atoms. The van der Waals surface area contributed by atoms with Crippen LogP contribution in [0.15, 0.2) is 0 Å². The molecule has 0 N–H and O–H groups in total. The lowest BCUT2D eigenvalue weighted by molar-refractivity contribution is 0.278. The Hall–Kier alpha value is -3.06. The number of rotatable bonds is 5. The first-order chi connectivity index (χ1) is 8.61. The van der Waals surface area contributed by atoms with Crippen LogP contribution in [-0.2, 0) is 0 Å². The molecule has 0 aromatic carbocycles. The van der Waals surface area contributed by atoms with Crippen LogP contribution in [0.4, 0.5) is 0 Å². The van der Waals surface area contributed by atoms with E-state index in [2.05, 4.69) is 0 Å². The molecule has 0 unspecified atom stereocenters. The molecule has 0 saturated carbocycles. The zero-order chi connectivity index (χ0) is 14.1. The van der Waals surface area contributed by atoms with Crippen molar-refractivity contribution in [3.05, 3.63) is 0 Å². The number of hydrogen-bond acceptors (Lipinski definition) is 6. The van der Waals surface area contributed by atoms with Crippen molar-refractivity contribution in [1.82, 2.24) is 0 Å². The van der Waals surface area contributed by atoms with E-state index in [1.54, 1.807) is 30.3 Å². The lowest BCUT2D eigenvalue weighted by Gasteiger charge is -2.28. The molecule has 86 valence electrons. The molecule has 0 atom stereocenters. The molecular formula is C12H8N6. The number of nitrogens with zero attached hydrogens (tertiary/aromatic N) is 6. The van der Waals surface area contributed by atoms with Gasteiger partial charge in [-0.2, -0.15) is 31.6 Å². The van der Waals surface area contributed by atoms with Gasteiger partial charge < -0.3 is 0 Å². The Labute approximate surface area is 105 Å². The van der Waals surface area contributed by atoms with Gasteiger partial charge in [0.1, 0.15) is 0 Å². The number of hydrogen-bond donors (Lipinski definition) is 0. The Kier molecular flexibility index (Phi) is 5.40. The Morgan fingerprint density at radius 2 is 1.17 bits per heavy atom. The van der Waals surface area contributed by atoms with Gasteiger partial charge in [0.15, 0.2) is 10.8 Å². The molecule has 0 spiro atoms. The van der Waals surface area contributed by atoms with E-state index < -0.39 is 17.3 Å². The second-order valence-electron chi connectivity index (χ2n) is 3.60. The summed E-state index contributed by atoms with van der Waals surface area (Å²) >= 11 is 0. The van der Waals surface area contributed by atoms with Gasteiger partial charge in [-0.15, -0.1) is 0 Å². The lowest BCUT2D eigenvalue weighted by atomic mass is 9.62. The maximum absolute atomic E-state index is 9.13. The Balaban J connectivity index is 5.62. The van der Waals surface area contributed by atoms with Crippen LogP contribution in [0.1, 0.15) is 25.7 Å². The van der Waals surface area contributed by atoms with Crippen molar-refractivity contribution in [1.29, 1.82) is 31.6 Å². The third-order valence-electron chi connectivity index (χ3n) is 2.68. The van der Waals surface area contributed by atoms with E-state index in [4.69, 9.17) is 31.6 Å². The fourth-order valence-corrected chi connectivity index (χ4v) is 1.54. The van der Waals surface area contributed by atoms with Crippen molar-refractivity contribution in [3.8, 4) is 36.4 Å². The third kappa shape index (κ3) is 2.36. The summed E-state index contributed by atoms with van der Waals surface area (Å²) in [4.78, 5) is 0. The molecule has 0 rings (SSSR count). The molecule has 18 heavy (non-hydrogen) atoms. The molecule has 0 aromatic heterocycles. The van der Waals surface area contributed by atoms with Crippen molar-refractivity contribution in [2.45, 2.75) is 25.7 Å². The summed E-state index contributed by atoms with van der Waals surface area (Å²) < 4.78 is 0. The molecule has 0 saturated heterocycles. The van der Waals surface area contributed by atoms with E-state index in [0.29, 0.717) is 0 Å². The van der Waals surface area contributed by atoms with Crippen LogP contribution in [-0.4, -0.2) is 0 Å². The molecule has 6 heteroatoms. The molecule has 0 fully saturated rings. The minimum absolute atomic E-state index is 0.0869. The molecule has 6 nitrogen and oxygen atoms in total. The SMILES string of the molecule is N#CCCCC(C#N)(C#N)C(C#N)(C#N)CC#N. The summed E-state index contributed by atoms with van der Waals surface area (Å²) in [6.45, 7) is 0. The second-order valence-corrected chi connectivity index (χ2v) is 3.60. The highest BCUT2D eigenvalue weighted by molar-refractivity contribution is 5.35. The first-order valence-corrected chi connectivity index (χ1v) is 5.01. The van der Waals surface area contributed by atoms with Gasteiger partial charge in [0.25, 0.3) is 0 Å². The molecule has 0 radical (unpaired) electrons. The first kappa shape index (κ1) is 14.9. The molecule has 0 heterocycles. The predicted molar refractivity (Wildman–Crippen MR) is 57.0 cm³/mol. The summed E-state index contributed by atoms with van der Waals surface area (Å²) in [6.07, 6.45) is -0.275. The van der Waals surface area contributed by atoms with Gasteiger partial charge in [0.05, 0.1) is 42.8 Å². The fourth-order valence-electron chi connectivity index (χ4n) is 1.54. The van der Waals surface area contributed by atoms with Crippen LogP contribution in [0.3, 0.4) is 0 Å². The summed E-state index contributed by atoms with van der Waals surface area (Å²) in [5.74, 6) is 0. The minimum Gasteiger partial charge on any atom is -0.198 e. The molecule has 0 aliphatic heterocycles. The van der Waals surface area contributed by atoms with Gasteiger partial charge in [0.2, 0.25) is 0 Å². The maximum atomic E-state index is 9.13. The predicted octanol–water partition coefficient (Wildman–Crippen LogP) is 1.66. The molecule has 0 amide bonds. The fraction of sp³-hybridized carbons (Fsp3) is 0.500. The molecular weight excluding hydrogens is 228 g/mol. The summed E-state index contributed by atoms with van der Waals surface area (Å²) in [7, 11) is 0. The normalized spacial score (nSPS) is 9.67. The Morgan fingerprint density at radius 3 is 1.50 bits per heavy atom. The average Bonchev–Trinajstić information content (AvgIpc) is 2.42. The van der Waals surface area contributed by atoms with E-state index in [9.17, 15) is 0 Å². The number of unbranched alkanes of at least 4 members (excludes halogenated alkanes) is 1. The topological polar surface area (TPSA) is 143 Å². The van der Waals surface area contributed by atoms with Crippen LogP contribution in [0.2, 0.25) is 0 Å². The van der Waals surface area contributed by atoms with E-state index in [-0.39, 0.29) is 19.3 Å². The molecule has 0 aromatic rings. The van der Waals surface area contributed by atoms with Gasteiger partial charge in [-0.1, -0.05) is 0 Å². The van der Waals surface area contributed by atoms with Crippen LogP contribution in [0.25, 0.3) is 0 Å². The van der Waals surface area contributed by atoms with E-state index in [0.717, 1.165) is 0 Å². The number of nitriles is 6. The van der Waals surface area contributed by atoms with Crippen molar-refractivity contribution >= 4 is 0 Å². The summed E-state index contributed by atoms with van der Waals surface area (Å²) in [5.41, 5.74) is -3.87. The summed E-state index contributed by atoms with van der Waals surface area (Å²) in [5, 5.41) is 53.5. The van der Waals surface area contributed by atoms with Crippen molar-refractivity contribution < 1.29 is 0 Å². The highest BCUT2D eigenvalue weighted by Gasteiger charge is 2.54. The second kappa shape index (κ2) is 6.51. The zero-order valence-corrected chi connectivity index (χ0v) is 9.51. The molecule has 0 aliphatic carbocycles. The van der Waals surface area contributed by atoms with Gasteiger partial charge in [0, 0.05) is 6.42 Å². The van der Waals surface area contributed by atoms with Gasteiger partial charge >= 0.3 is 0 Å². The summed E-state index contributed by atoms with van der Waals surface area (Å²) in [6, 6.07) is 10.1. The van der Waals surface area contributed by atoms with E-state index in [1.807, 2.05) is 6.07 Å². The highest BCUT2D eigenvalue weighted by atomic mass is 14.6. The quantitative estimate of drug-likeness (QED) is 0.664. The lowest BCUT2D eigenvalue weighted by Crippen LogP contribution is -2.38. The van der Waals surface area contributed by atoms with Gasteiger partial charge in [-0.05, 0) is 12.8 Å². The average molecular weight is 236 g/mol. The van der Waals surface area contributed by atoms with Crippen molar-refractivity contribution in [3.63, 3.8) is 0 Å². The largest absolute Gasteiger partial charge is 0.198 e. The van der Waals surface area contributed by atoms with Crippen LogP contribution < -0.4 is 0 Å². The maximum Gasteiger partial charge on any atom is 0.188 e. The van der Waals surface area contributed by atoms with Crippen molar-refractivity contribution in [2.75, 3.05) is 0 Å². The minimum atomic E-state index is -1.99. The highest BCUT2D eigenvalue weighted by Crippen LogP contribution is 2.44. The van der Waals surface area contributed by atoms with Crippen LogP contribution in [0, 0.1) is 78.8 Å². The Morgan fingerprint density at radius 1 is 0.667 bits per heavy atom. The van der Waals surface area contributed by atoms with Gasteiger partial charge in [-0.3, -0.25) is 0 Å².